The Balaban J connectivity index is 0.00000103. The van der Waals surface area contributed by atoms with Crippen LogP contribution in [-0.4, -0.2) is 63.2 Å². The molecule has 1 atom stereocenters. The summed E-state index contributed by atoms with van der Waals surface area (Å²) in [5, 5.41) is 30.7. The summed E-state index contributed by atoms with van der Waals surface area (Å²) >= 11 is 0. The number of H-pyrrole nitrogens is 1. The number of carboxylic acids is 1. The summed E-state index contributed by atoms with van der Waals surface area (Å²) < 4.78 is 17.6. The Bertz CT molecular complexity index is 1500. The van der Waals surface area contributed by atoms with Crippen molar-refractivity contribution in [2.24, 2.45) is 5.73 Å². The lowest BCUT2D eigenvalue weighted by Crippen LogP contribution is -2.17. The molecule has 0 spiro atoms. The maximum absolute atomic E-state index is 12.8. The molecule has 0 fully saturated rings. The van der Waals surface area contributed by atoms with Crippen LogP contribution in [0, 0.1) is 5.41 Å². The van der Waals surface area contributed by atoms with Crippen LogP contribution in [0.15, 0.2) is 59.5 Å². The number of aliphatic carboxylic acids is 1. The Kier molecular flexibility index (Phi) is 9.91. The van der Waals surface area contributed by atoms with Gasteiger partial charge in [0.1, 0.15) is 11.9 Å². The molecule has 0 saturated carbocycles. The summed E-state index contributed by atoms with van der Waals surface area (Å²) in [5.41, 5.74) is 7.90. The van der Waals surface area contributed by atoms with Crippen LogP contribution in [-0.2, 0) is 16.1 Å². The lowest BCUT2D eigenvalue weighted by atomic mass is 10.0. The van der Waals surface area contributed by atoms with Crippen LogP contribution in [0.25, 0.3) is 5.82 Å². The number of hydrogen-bond donors (Lipinski definition) is 5. The zero-order chi connectivity index (χ0) is 29.2. The number of aromatic nitrogens is 5. The number of hydrogen-bond acceptors (Lipinski definition) is 10. The molecular formula is C26H30N8O6. The van der Waals surface area contributed by atoms with Crippen molar-refractivity contribution in [3.63, 3.8) is 0 Å². The Labute approximate surface area is 229 Å². The highest BCUT2D eigenvalue weighted by Crippen LogP contribution is 2.37. The van der Waals surface area contributed by atoms with Gasteiger partial charge in [-0.2, -0.15) is 9.78 Å². The fraction of sp³-hybridized carbons (Fsp3) is 0.231. The Hall–Kier alpha value is -5.24. The largest absolute Gasteiger partial charge is 0.493 e. The van der Waals surface area contributed by atoms with Crippen LogP contribution >= 0.6 is 0 Å². The van der Waals surface area contributed by atoms with E-state index >= 15 is 0 Å². The minimum atomic E-state index is -0.833. The smallest absolute Gasteiger partial charge is 0.349 e. The lowest BCUT2D eigenvalue weighted by Gasteiger charge is -2.21. The molecule has 1 unspecified atom stereocenters. The number of ether oxygens (including phenoxy) is 3. The van der Waals surface area contributed by atoms with Gasteiger partial charge in [0, 0.05) is 37.0 Å². The molecular weight excluding hydrogens is 520 g/mol. The summed E-state index contributed by atoms with van der Waals surface area (Å²) in [6.45, 7) is 1.36. The Morgan fingerprint density at radius 1 is 1.18 bits per heavy atom. The molecule has 6 N–H and O–H groups in total. The molecule has 4 aromatic rings. The first-order valence-corrected chi connectivity index (χ1v) is 11.8. The topological polar surface area (TPSA) is 203 Å². The number of nitrogens with one attached hydrogen (secondary N) is 3. The van der Waals surface area contributed by atoms with Gasteiger partial charge in [-0.15, -0.1) is 10.2 Å². The van der Waals surface area contributed by atoms with Crippen LogP contribution in [0.2, 0.25) is 0 Å². The fourth-order valence-electron chi connectivity index (χ4n) is 3.75. The van der Waals surface area contributed by atoms with Gasteiger partial charge in [0.2, 0.25) is 0 Å². The van der Waals surface area contributed by atoms with Crippen molar-refractivity contribution in [2.45, 2.75) is 19.6 Å². The average molecular weight is 551 g/mol. The first-order chi connectivity index (χ1) is 19.2. The summed E-state index contributed by atoms with van der Waals surface area (Å²) in [6.07, 6.45) is 1.51. The number of nitrogen functional groups attached to an aromatic ring is 1. The number of anilines is 1. The van der Waals surface area contributed by atoms with Crippen LogP contribution < -0.4 is 26.2 Å². The Morgan fingerprint density at radius 3 is 2.42 bits per heavy atom. The second-order valence-electron chi connectivity index (χ2n) is 8.24. The predicted octanol–water partition coefficient (Wildman–Crippen LogP) is 2.09. The van der Waals surface area contributed by atoms with Crippen LogP contribution in [0.3, 0.4) is 0 Å². The molecule has 2 heterocycles. The van der Waals surface area contributed by atoms with E-state index in [1.165, 1.54) is 6.20 Å². The van der Waals surface area contributed by atoms with Gasteiger partial charge in [-0.05, 0) is 54.1 Å². The van der Waals surface area contributed by atoms with Crippen molar-refractivity contribution in [2.75, 3.05) is 26.6 Å². The predicted molar refractivity (Wildman–Crippen MR) is 146 cm³/mol. The zero-order valence-corrected chi connectivity index (χ0v) is 22.3. The SMILES string of the molecule is CC(=O)O.COCc1cc(C(Nc2ccc(C(=N)N)cc2)c2nn(-c3cccnn3)c(=O)[nH]2)cc(OC)c1OC. The highest BCUT2D eigenvalue weighted by molar-refractivity contribution is 5.95. The third-order valence-corrected chi connectivity index (χ3v) is 5.40. The van der Waals surface area contributed by atoms with Gasteiger partial charge >= 0.3 is 5.69 Å². The number of methoxy groups -OCH3 is 3. The first-order valence-electron chi connectivity index (χ1n) is 11.8. The number of aromatic amines is 1. The standard InChI is InChI=1S/C24H26N8O4.C2H4O2/c1-34-13-16-11-15(12-18(35-2)21(16)36-3)20(28-17-8-6-14(7-9-17)22(25)26)23-29-24(33)32(31-23)19-5-4-10-27-30-19;1-2(3)4/h4-12,20,28H,13H2,1-3H3,(H3,25,26)(H,29,31,33);1H3,(H,3,4). The van der Waals surface area contributed by atoms with Crippen LogP contribution in [0.4, 0.5) is 5.69 Å². The molecule has 0 radical (unpaired) electrons. The second-order valence-corrected chi connectivity index (χ2v) is 8.24. The van der Waals surface area contributed by atoms with Crippen molar-refractivity contribution in [1.29, 1.82) is 5.41 Å². The molecule has 0 bridgehead atoms. The summed E-state index contributed by atoms with van der Waals surface area (Å²) in [5.74, 6) is 0.788. The number of nitrogens with zero attached hydrogens (tertiary/aromatic N) is 4. The van der Waals surface area contributed by atoms with Gasteiger partial charge < -0.3 is 30.4 Å². The van der Waals surface area contributed by atoms with E-state index in [-0.39, 0.29) is 18.3 Å². The van der Waals surface area contributed by atoms with E-state index in [0.29, 0.717) is 28.6 Å². The molecule has 210 valence electrons. The van der Waals surface area contributed by atoms with E-state index in [2.05, 4.69) is 25.6 Å². The molecule has 14 heteroatoms. The van der Waals surface area contributed by atoms with Gasteiger partial charge in [-0.3, -0.25) is 15.2 Å². The number of benzene rings is 2. The van der Waals surface area contributed by atoms with Gasteiger partial charge in [0.05, 0.1) is 20.8 Å². The fourth-order valence-corrected chi connectivity index (χ4v) is 3.75. The van der Waals surface area contributed by atoms with Crippen molar-refractivity contribution in [3.05, 3.63) is 87.7 Å². The zero-order valence-electron chi connectivity index (χ0n) is 22.3. The van der Waals surface area contributed by atoms with Gasteiger partial charge in [0.15, 0.2) is 23.1 Å². The van der Waals surface area contributed by atoms with Gasteiger partial charge in [-0.1, -0.05) is 0 Å². The number of carboxylic acid groups (broad SMARTS) is 1. The number of amidine groups is 1. The van der Waals surface area contributed by atoms with Crippen LogP contribution in [0.5, 0.6) is 11.5 Å². The van der Waals surface area contributed by atoms with Crippen LogP contribution in [0.1, 0.15) is 35.5 Å². The highest BCUT2D eigenvalue weighted by Gasteiger charge is 2.24. The van der Waals surface area contributed by atoms with Gasteiger partial charge in [0.25, 0.3) is 5.97 Å². The van der Waals surface area contributed by atoms with Crippen molar-refractivity contribution in [3.8, 4) is 17.3 Å². The lowest BCUT2D eigenvalue weighted by molar-refractivity contribution is -0.134. The molecule has 2 aromatic carbocycles. The second kappa shape index (κ2) is 13.5. The quantitative estimate of drug-likeness (QED) is 0.143. The van der Waals surface area contributed by atoms with Crippen molar-refractivity contribution >= 4 is 17.5 Å². The third-order valence-electron chi connectivity index (χ3n) is 5.40. The molecule has 40 heavy (non-hydrogen) atoms. The number of rotatable bonds is 10. The molecule has 14 nitrogen and oxygen atoms in total. The maximum atomic E-state index is 12.8. The minimum Gasteiger partial charge on any atom is -0.493 e. The minimum absolute atomic E-state index is 0.0331. The summed E-state index contributed by atoms with van der Waals surface area (Å²) in [6, 6.07) is 13.4. The highest BCUT2D eigenvalue weighted by atomic mass is 16.5. The van der Waals surface area contributed by atoms with E-state index in [1.807, 2.05) is 6.07 Å². The molecule has 0 aliphatic heterocycles. The summed E-state index contributed by atoms with van der Waals surface area (Å²) in [4.78, 5) is 24.6. The summed E-state index contributed by atoms with van der Waals surface area (Å²) in [7, 11) is 4.69. The van der Waals surface area contributed by atoms with E-state index in [9.17, 15) is 4.79 Å². The molecule has 0 aliphatic carbocycles. The van der Waals surface area contributed by atoms with Gasteiger partial charge in [-0.25, -0.2) is 4.79 Å². The van der Waals surface area contributed by atoms with E-state index < -0.39 is 17.7 Å². The van der Waals surface area contributed by atoms with E-state index in [0.717, 1.165) is 22.7 Å². The third kappa shape index (κ3) is 7.20. The number of nitrogens with two attached hydrogens (primary N) is 1. The average Bonchev–Trinajstić information content (AvgIpc) is 3.33. The maximum Gasteiger partial charge on any atom is 0.349 e. The molecule has 0 amide bonds. The monoisotopic (exact) mass is 550 g/mol. The van der Waals surface area contributed by atoms with E-state index in [4.69, 9.17) is 35.3 Å². The molecule has 4 rings (SSSR count). The molecule has 0 saturated heterocycles. The van der Waals surface area contributed by atoms with Crippen molar-refractivity contribution < 1.29 is 24.1 Å². The number of carbonyl (C=O) groups is 1. The van der Waals surface area contributed by atoms with E-state index in [1.54, 1.807) is 63.8 Å². The van der Waals surface area contributed by atoms with Crippen molar-refractivity contribution in [1.82, 2.24) is 25.0 Å². The molecule has 2 aromatic heterocycles. The first kappa shape index (κ1) is 29.3. The molecule has 0 aliphatic rings. The normalized spacial score (nSPS) is 11.1. The Morgan fingerprint density at radius 2 is 1.88 bits per heavy atom.